The third-order valence-corrected chi connectivity index (χ3v) is 11.8. The highest BCUT2D eigenvalue weighted by atomic mass is 35.5. The second-order valence-corrected chi connectivity index (χ2v) is 14.6. The Bertz CT molecular complexity index is 1570. The molecule has 252 valence electrons. The summed E-state index contributed by atoms with van der Waals surface area (Å²) in [6, 6.07) is 17.6. The molecule has 4 aliphatic heterocycles. The summed E-state index contributed by atoms with van der Waals surface area (Å²) in [5, 5.41) is 0.727. The molecule has 0 aromatic heterocycles. The first-order valence-corrected chi connectivity index (χ1v) is 16.8. The van der Waals surface area contributed by atoms with Crippen molar-refractivity contribution in [2.75, 3.05) is 32.7 Å². The highest BCUT2D eigenvalue weighted by Crippen LogP contribution is 2.47. The van der Waals surface area contributed by atoms with Crippen molar-refractivity contribution < 1.29 is 35.6 Å². The minimum Gasteiger partial charge on any atom is -0.337 e. The summed E-state index contributed by atoms with van der Waals surface area (Å²) in [5.74, 6) is -0.308. The third kappa shape index (κ3) is 7.04. The number of alkyl halides is 6. The number of halogens is 8. The molecule has 7 rings (SSSR count). The molecular weight excluding hydrogens is 661 g/mol. The number of carbonyl (C=O) groups excluding carboxylic acids is 1. The number of fused-ring (bicyclic) bond motifs is 3. The minimum atomic E-state index is -4.97. The van der Waals surface area contributed by atoms with Crippen molar-refractivity contribution >= 4 is 29.1 Å². The maximum Gasteiger partial charge on any atom is 0.416 e. The largest absolute Gasteiger partial charge is 0.416 e. The first kappa shape index (κ1) is 34.1. The predicted octanol–water partition coefficient (Wildman–Crippen LogP) is 9.82. The van der Waals surface area contributed by atoms with Gasteiger partial charge in [-0.05, 0) is 66.3 Å². The number of rotatable bonds is 8. The topological polar surface area (TPSA) is 20.3 Å². The van der Waals surface area contributed by atoms with Crippen LogP contribution in [-0.2, 0) is 34.5 Å². The molecular formula is C36H37Cl2F6N2O+. The molecule has 0 spiro atoms. The van der Waals surface area contributed by atoms with Gasteiger partial charge >= 0.3 is 12.4 Å². The summed E-state index contributed by atoms with van der Waals surface area (Å²) in [5.41, 5.74) is -1.06. The van der Waals surface area contributed by atoms with Crippen LogP contribution in [0.2, 0.25) is 10.0 Å². The van der Waals surface area contributed by atoms with Gasteiger partial charge in [0.05, 0.1) is 47.4 Å². The van der Waals surface area contributed by atoms with Crippen LogP contribution in [0, 0.1) is 0 Å². The second-order valence-electron chi connectivity index (χ2n) is 13.8. The van der Waals surface area contributed by atoms with Crippen molar-refractivity contribution in [1.82, 2.24) is 4.90 Å². The molecule has 3 aromatic rings. The van der Waals surface area contributed by atoms with Crippen LogP contribution < -0.4 is 0 Å². The number of piperidine rings is 4. The molecule has 1 unspecified atom stereocenters. The Balaban J connectivity index is 1.23. The van der Waals surface area contributed by atoms with E-state index in [1.54, 1.807) is 12.1 Å². The normalized spacial score (nSPS) is 26.6. The van der Waals surface area contributed by atoms with Crippen molar-refractivity contribution in [2.45, 2.75) is 74.7 Å². The van der Waals surface area contributed by atoms with E-state index in [-0.39, 0.29) is 42.5 Å². The summed E-state index contributed by atoms with van der Waals surface area (Å²) in [7, 11) is 0. The Kier molecular flexibility index (Phi) is 9.15. The van der Waals surface area contributed by atoms with Crippen molar-refractivity contribution in [3.8, 4) is 0 Å². The summed E-state index contributed by atoms with van der Waals surface area (Å²) in [6.07, 6.45) is -4.39. The molecule has 0 saturated carbocycles. The highest BCUT2D eigenvalue weighted by molar-refractivity contribution is 6.42. The number of benzene rings is 3. The molecule has 4 saturated heterocycles. The summed E-state index contributed by atoms with van der Waals surface area (Å²) in [4.78, 5) is 14.6. The van der Waals surface area contributed by atoms with Crippen molar-refractivity contribution in [3.05, 3.63) is 105 Å². The fourth-order valence-corrected chi connectivity index (χ4v) is 8.60. The van der Waals surface area contributed by atoms with Gasteiger partial charge in [0, 0.05) is 49.6 Å². The van der Waals surface area contributed by atoms with Gasteiger partial charge in [-0.2, -0.15) is 26.3 Å². The molecule has 3 aromatic carbocycles. The lowest BCUT2D eigenvalue weighted by Gasteiger charge is -2.55. The monoisotopic (exact) mass is 697 g/mol. The van der Waals surface area contributed by atoms with E-state index in [4.69, 9.17) is 23.2 Å². The standard InChI is InChI=1S/C36H37Cl2F6N2O/c37-30-8-7-27(22-31(30)38)34(10-4-15-46-16-12-33(13-17-46,14-18-46)26-5-2-1-3-6-26)11-9-32(47)45(24-34)23-25-19-28(35(39,40)41)21-29(20-25)36(42,43)44/h1-3,5-8,19-22H,4,9-18,23-24H2/q+1. The zero-order chi connectivity index (χ0) is 33.7. The molecule has 4 heterocycles. The van der Waals surface area contributed by atoms with Crippen molar-refractivity contribution in [3.63, 3.8) is 0 Å². The first-order chi connectivity index (χ1) is 22.1. The average Bonchev–Trinajstić information content (AvgIpc) is 3.04. The van der Waals surface area contributed by atoms with Gasteiger partial charge in [-0.15, -0.1) is 0 Å². The Morgan fingerprint density at radius 1 is 0.745 bits per heavy atom. The zero-order valence-corrected chi connectivity index (χ0v) is 27.4. The highest BCUT2D eigenvalue weighted by Gasteiger charge is 2.50. The predicted molar refractivity (Wildman–Crippen MR) is 170 cm³/mol. The molecule has 3 nitrogen and oxygen atoms in total. The number of likely N-dealkylation sites (tertiary alicyclic amines) is 1. The van der Waals surface area contributed by atoms with E-state index >= 15 is 0 Å². The van der Waals surface area contributed by atoms with E-state index in [1.807, 2.05) is 6.07 Å². The van der Waals surface area contributed by atoms with Crippen LogP contribution in [-0.4, -0.2) is 48.0 Å². The van der Waals surface area contributed by atoms with E-state index in [9.17, 15) is 31.1 Å². The van der Waals surface area contributed by atoms with Crippen LogP contribution in [0.5, 0.6) is 0 Å². The lowest BCUT2D eigenvalue weighted by atomic mass is 9.66. The Labute approximate surface area is 281 Å². The lowest BCUT2D eigenvalue weighted by Crippen LogP contribution is -2.63. The third-order valence-electron chi connectivity index (χ3n) is 11.1. The molecule has 0 radical (unpaired) electrons. The first-order valence-electron chi connectivity index (χ1n) is 16.0. The molecule has 1 atom stereocenters. The summed E-state index contributed by atoms with van der Waals surface area (Å²) < 4.78 is 82.6. The van der Waals surface area contributed by atoms with Gasteiger partial charge in [0.1, 0.15) is 0 Å². The van der Waals surface area contributed by atoms with Crippen LogP contribution >= 0.6 is 23.2 Å². The second kappa shape index (κ2) is 12.6. The van der Waals surface area contributed by atoms with E-state index < -0.39 is 28.9 Å². The van der Waals surface area contributed by atoms with Crippen LogP contribution in [0.25, 0.3) is 0 Å². The molecule has 2 bridgehead atoms. The lowest BCUT2D eigenvalue weighted by molar-refractivity contribution is -0.943. The van der Waals surface area contributed by atoms with Crippen molar-refractivity contribution in [2.24, 2.45) is 0 Å². The summed E-state index contributed by atoms with van der Waals surface area (Å²) in [6.45, 7) is 4.03. The Hall–Kier alpha value is -2.75. The molecule has 11 heteroatoms. The molecule has 0 N–H and O–H groups in total. The number of quaternary nitrogens is 1. The van der Waals surface area contributed by atoms with Crippen LogP contribution in [0.3, 0.4) is 0 Å². The maximum atomic E-state index is 13.6. The summed E-state index contributed by atoms with van der Waals surface area (Å²) >= 11 is 12.7. The van der Waals surface area contributed by atoms with Gasteiger partial charge in [-0.3, -0.25) is 4.79 Å². The SMILES string of the molecule is O=C1CCC(CCC[N+]23CCC(c4ccccc4)(CC2)CC3)(c2ccc(Cl)c(Cl)c2)CN1Cc1cc(C(F)(F)F)cc(C(F)(F)F)c1. The smallest absolute Gasteiger partial charge is 0.337 e. The number of hydrogen-bond donors (Lipinski definition) is 0. The van der Waals surface area contributed by atoms with Crippen LogP contribution in [0.4, 0.5) is 26.3 Å². The van der Waals surface area contributed by atoms with Gasteiger partial charge in [0.2, 0.25) is 5.91 Å². The fraction of sp³-hybridized carbons (Fsp3) is 0.472. The van der Waals surface area contributed by atoms with Gasteiger partial charge < -0.3 is 9.38 Å². The van der Waals surface area contributed by atoms with Gasteiger partial charge in [0.25, 0.3) is 0 Å². The molecule has 0 aliphatic carbocycles. The fourth-order valence-electron chi connectivity index (χ4n) is 8.30. The number of nitrogens with zero attached hydrogens (tertiary/aromatic N) is 2. The molecule has 47 heavy (non-hydrogen) atoms. The molecule has 4 fully saturated rings. The Morgan fingerprint density at radius 3 is 1.94 bits per heavy atom. The zero-order valence-electron chi connectivity index (χ0n) is 25.9. The van der Waals surface area contributed by atoms with E-state index in [2.05, 4.69) is 30.3 Å². The number of carbonyl (C=O) groups is 1. The Morgan fingerprint density at radius 2 is 1.36 bits per heavy atom. The van der Waals surface area contributed by atoms with E-state index in [0.717, 1.165) is 61.9 Å². The maximum absolute atomic E-state index is 13.6. The van der Waals surface area contributed by atoms with Gasteiger partial charge in [-0.25, -0.2) is 0 Å². The van der Waals surface area contributed by atoms with Crippen LogP contribution in [0.1, 0.15) is 72.8 Å². The van der Waals surface area contributed by atoms with E-state index in [0.29, 0.717) is 35.0 Å². The number of amides is 1. The van der Waals surface area contributed by atoms with Gasteiger partial charge in [-0.1, -0.05) is 59.6 Å². The van der Waals surface area contributed by atoms with Crippen molar-refractivity contribution in [1.29, 1.82) is 0 Å². The molecule has 4 aliphatic rings. The van der Waals surface area contributed by atoms with Crippen LogP contribution in [0.15, 0.2) is 66.7 Å². The average molecular weight is 699 g/mol. The molecule has 1 amide bonds. The van der Waals surface area contributed by atoms with E-state index in [1.165, 1.54) is 10.5 Å². The minimum absolute atomic E-state index is 0.111. The van der Waals surface area contributed by atoms with Gasteiger partial charge in [0.15, 0.2) is 0 Å². The quantitative estimate of drug-likeness (QED) is 0.170. The number of hydrogen-bond acceptors (Lipinski definition) is 1.